The van der Waals surface area contributed by atoms with E-state index in [4.69, 9.17) is 13.6 Å². The molecule has 5 nitrogen and oxygen atoms in total. The minimum absolute atomic E-state index is 0.0600. The molecule has 1 aromatic carbocycles. The number of ether oxygens (including phenoxy) is 1. The number of benzene rings is 1. The van der Waals surface area contributed by atoms with Gasteiger partial charge < -0.3 is 18.7 Å². The molecule has 2 aromatic heterocycles. The van der Waals surface area contributed by atoms with Gasteiger partial charge in [-0.2, -0.15) is 0 Å². The zero-order chi connectivity index (χ0) is 16.8. The summed E-state index contributed by atoms with van der Waals surface area (Å²) < 4.78 is 16.9. The fourth-order valence-electron chi connectivity index (χ4n) is 2.68. The van der Waals surface area contributed by atoms with Crippen molar-refractivity contribution in [2.24, 2.45) is 5.92 Å². The smallest absolute Gasteiger partial charge is 0.343 e. The highest BCUT2D eigenvalue weighted by Gasteiger charge is 2.22. The van der Waals surface area contributed by atoms with Crippen LogP contribution >= 0.6 is 0 Å². The fourth-order valence-corrected chi connectivity index (χ4v) is 2.68. The molecule has 5 heteroatoms. The maximum Gasteiger partial charge on any atom is 0.343 e. The van der Waals surface area contributed by atoms with E-state index in [9.17, 15) is 9.90 Å². The first kappa shape index (κ1) is 14.9. The van der Waals surface area contributed by atoms with E-state index < -0.39 is 5.63 Å². The van der Waals surface area contributed by atoms with Gasteiger partial charge in [0.2, 0.25) is 0 Å². The molecule has 4 rings (SSSR count). The van der Waals surface area contributed by atoms with Crippen LogP contribution in [0, 0.1) is 19.8 Å². The summed E-state index contributed by atoms with van der Waals surface area (Å²) in [7, 11) is 0. The third kappa shape index (κ3) is 2.56. The highest BCUT2D eigenvalue weighted by Crippen LogP contribution is 2.35. The lowest BCUT2D eigenvalue weighted by atomic mass is 10.1. The van der Waals surface area contributed by atoms with Gasteiger partial charge in [-0.05, 0) is 50.8 Å². The van der Waals surface area contributed by atoms with Gasteiger partial charge in [0, 0.05) is 17.0 Å². The monoisotopic (exact) mass is 326 g/mol. The van der Waals surface area contributed by atoms with E-state index in [2.05, 4.69) is 0 Å². The van der Waals surface area contributed by atoms with E-state index in [0.29, 0.717) is 22.8 Å². The predicted octanol–water partition coefficient (Wildman–Crippen LogP) is 4.16. The average molecular weight is 326 g/mol. The SMILES string of the molecule is Cc1c(-c2cc3ccc(OCC4CC4)cc3o2)oc(=O)c(C)c1O. The standard InChI is InChI=1S/C19H18O5/c1-10-17(20)11(2)19(21)24-18(10)16-7-13-5-6-14(8-15(13)23-16)22-9-12-3-4-12/h5-8,12,20H,3-4,9H2,1-2H3. The number of fused-ring (bicyclic) bond motifs is 1. The van der Waals surface area contributed by atoms with E-state index in [1.54, 1.807) is 13.0 Å². The normalized spacial score (nSPS) is 14.2. The van der Waals surface area contributed by atoms with E-state index >= 15 is 0 Å². The predicted molar refractivity (Wildman–Crippen MR) is 89.5 cm³/mol. The summed E-state index contributed by atoms with van der Waals surface area (Å²) in [5.74, 6) is 2.05. The highest BCUT2D eigenvalue weighted by molar-refractivity contribution is 5.83. The van der Waals surface area contributed by atoms with Crippen molar-refractivity contribution in [3.05, 3.63) is 45.8 Å². The maximum absolute atomic E-state index is 11.8. The molecule has 0 saturated heterocycles. The summed E-state index contributed by atoms with van der Waals surface area (Å²) in [6, 6.07) is 7.44. The van der Waals surface area contributed by atoms with Crippen LogP contribution in [0.4, 0.5) is 0 Å². The molecule has 124 valence electrons. The van der Waals surface area contributed by atoms with Crippen molar-refractivity contribution >= 4 is 11.0 Å². The number of furan rings is 1. The third-order valence-corrected chi connectivity index (χ3v) is 4.45. The second-order valence-electron chi connectivity index (χ2n) is 6.38. The summed E-state index contributed by atoms with van der Waals surface area (Å²) in [6.45, 7) is 3.96. The number of aromatic hydroxyl groups is 1. The van der Waals surface area contributed by atoms with Crippen molar-refractivity contribution in [1.29, 1.82) is 0 Å². The summed E-state index contributed by atoms with van der Waals surface area (Å²) >= 11 is 0. The van der Waals surface area contributed by atoms with Gasteiger partial charge in [-0.1, -0.05) is 0 Å². The Morgan fingerprint density at radius 3 is 2.71 bits per heavy atom. The van der Waals surface area contributed by atoms with E-state index in [1.807, 2.05) is 18.2 Å². The van der Waals surface area contributed by atoms with Gasteiger partial charge in [-0.3, -0.25) is 0 Å². The molecule has 1 saturated carbocycles. The lowest BCUT2D eigenvalue weighted by Gasteiger charge is -2.05. The Kier molecular flexibility index (Phi) is 3.37. The molecule has 0 unspecified atom stereocenters. The Morgan fingerprint density at radius 2 is 1.96 bits per heavy atom. The first-order valence-corrected chi connectivity index (χ1v) is 8.03. The molecule has 0 spiro atoms. The number of rotatable bonds is 4. The van der Waals surface area contributed by atoms with Crippen LogP contribution in [-0.2, 0) is 0 Å². The lowest BCUT2D eigenvalue weighted by molar-refractivity contribution is 0.300. The molecule has 1 aliphatic rings. The highest BCUT2D eigenvalue weighted by atomic mass is 16.5. The molecule has 1 N–H and O–H groups in total. The molecule has 1 aliphatic carbocycles. The van der Waals surface area contributed by atoms with Crippen LogP contribution in [0.2, 0.25) is 0 Å². The van der Waals surface area contributed by atoms with E-state index in [1.165, 1.54) is 19.8 Å². The average Bonchev–Trinajstić information content (AvgIpc) is 3.31. The first-order valence-electron chi connectivity index (χ1n) is 8.03. The minimum atomic E-state index is -0.568. The van der Waals surface area contributed by atoms with Gasteiger partial charge in [0.25, 0.3) is 0 Å². The number of hydrogen-bond donors (Lipinski definition) is 1. The van der Waals surface area contributed by atoms with Gasteiger partial charge in [0.1, 0.15) is 17.1 Å². The van der Waals surface area contributed by atoms with Gasteiger partial charge in [-0.15, -0.1) is 0 Å². The van der Waals surface area contributed by atoms with Gasteiger partial charge >= 0.3 is 5.63 Å². The van der Waals surface area contributed by atoms with Crippen molar-refractivity contribution in [3.8, 4) is 23.0 Å². The molecule has 0 amide bonds. The molecule has 0 bridgehead atoms. The topological polar surface area (TPSA) is 72.8 Å². The Labute approximate surface area is 138 Å². The maximum atomic E-state index is 11.8. The largest absolute Gasteiger partial charge is 0.507 e. The summed E-state index contributed by atoms with van der Waals surface area (Å²) in [4.78, 5) is 11.8. The van der Waals surface area contributed by atoms with Crippen LogP contribution in [0.15, 0.2) is 37.9 Å². The summed E-state index contributed by atoms with van der Waals surface area (Å²) in [5.41, 5.74) is 0.766. The zero-order valence-corrected chi connectivity index (χ0v) is 13.6. The van der Waals surface area contributed by atoms with E-state index in [0.717, 1.165) is 17.7 Å². The minimum Gasteiger partial charge on any atom is -0.507 e. The zero-order valence-electron chi connectivity index (χ0n) is 13.6. The van der Waals surface area contributed by atoms with Crippen molar-refractivity contribution in [2.45, 2.75) is 26.7 Å². The lowest BCUT2D eigenvalue weighted by Crippen LogP contribution is -2.05. The Balaban J connectivity index is 1.73. The molecule has 0 radical (unpaired) electrons. The fraction of sp³-hybridized carbons (Fsp3) is 0.316. The van der Waals surface area contributed by atoms with Crippen LogP contribution in [-0.4, -0.2) is 11.7 Å². The Morgan fingerprint density at radius 1 is 1.17 bits per heavy atom. The molecule has 24 heavy (non-hydrogen) atoms. The van der Waals surface area contributed by atoms with Crippen LogP contribution < -0.4 is 10.4 Å². The molecule has 1 fully saturated rings. The van der Waals surface area contributed by atoms with Crippen LogP contribution in [0.3, 0.4) is 0 Å². The van der Waals surface area contributed by atoms with Crippen molar-refractivity contribution < 1.29 is 18.7 Å². The third-order valence-electron chi connectivity index (χ3n) is 4.45. The summed E-state index contributed by atoms with van der Waals surface area (Å²) in [5, 5.41) is 10.9. The quantitative estimate of drug-likeness (QED) is 0.779. The van der Waals surface area contributed by atoms with Crippen LogP contribution in [0.5, 0.6) is 11.5 Å². The Hall–Kier alpha value is -2.69. The first-order chi connectivity index (χ1) is 11.5. The number of hydrogen-bond acceptors (Lipinski definition) is 5. The van der Waals surface area contributed by atoms with Gasteiger partial charge in [0.15, 0.2) is 11.5 Å². The van der Waals surface area contributed by atoms with Crippen LogP contribution in [0.25, 0.3) is 22.5 Å². The van der Waals surface area contributed by atoms with Crippen molar-refractivity contribution in [3.63, 3.8) is 0 Å². The van der Waals surface area contributed by atoms with Crippen LogP contribution in [0.1, 0.15) is 24.0 Å². The summed E-state index contributed by atoms with van der Waals surface area (Å²) in [6.07, 6.45) is 2.48. The molecule has 0 aliphatic heterocycles. The molecule has 3 aromatic rings. The molecule has 2 heterocycles. The second-order valence-corrected chi connectivity index (χ2v) is 6.38. The van der Waals surface area contributed by atoms with Crippen molar-refractivity contribution in [1.82, 2.24) is 0 Å². The van der Waals surface area contributed by atoms with E-state index in [-0.39, 0.29) is 17.1 Å². The van der Waals surface area contributed by atoms with Gasteiger partial charge in [0.05, 0.1) is 12.2 Å². The van der Waals surface area contributed by atoms with Crippen molar-refractivity contribution in [2.75, 3.05) is 6.61 Å². The molecule has 0 atom stereocenters. The Bertz CT molecular complexity index is 975. The molecular weight excluding hydrogens is 308 g/mol. The second kappa shape index (κ2) is 5.44. The van der Waals surface area contributed by atoms with Gasteiger partial charge in [-0.25, -0.2) is 4.79 Å². The molecular formula is C19H18O5.